The second-order valence-corrected chi connectivity index (χ2v) is 6.27. The Balaban J connectivity index is 1.91. The van der Waals surface area contributed by atoms with Gasteiger partial charge in [-0.3, -0.25) is 4.40 Å². The molecule has 1 aliphatic rings. The van der Waals surface area contributed by atoms with Gasteiger partial charge in [0.15, 0.2) is 4.96 Å². The Morgan fingerprint density at radius 1 is 1.50 bits per heavy atom. The van der Waals surface area contributed by atoms with Crippen molar-refractivity contribution in [2.24, 2.45) is 0 Å². The van der Waals surface area contributed by atoms with Crippen molar-refractivity contribution in [2.75, 3.05) is 0 Å². The van der Waals surface area contributed by atoms with Crippen molar-refractivity contribution < 1.29 is 0 Å². The third kappa shape index (κ3) is 1.66. The van der Waals surface area contributed by atoms with Crippen LogP contribution >= 0.6 is 11.3 Å². The summed E-state index contributed by atoms with van der Waals surface area (Å²) >= 11 is 1.76. The lowest BCUT2D eigenvalue weighted by Crippen LogP contribution is -2.27. The van der Waals surface area contributed by atoms with E-state index >= 15 is 0 Å². The van der Waals surface area contributed by atoms with E-state index in [2.05, 4.69) is 41.7 Å². The molecular formula is C12H17N3S. The summed E-state index contributed by atoms with van der Waals surface area (Å²) < 4.78 is 2.23. The van der Waals surface area contributed by atoms with Gasteiger partial charge < -0.3 is 5.32 Å². The summed E-state index contributed by atoms with van der Waals surface area (Å²) in [5, 5.41) is 3.62. The van der Waals surface area contributed by atoms with Crippen molar-refractivity contribution in [3.8, 4) is 0 Å². The first kappa shape index (κ1) is 10.3. The highest BCUT2D eigenvalue weighted by atomic mass is 32.1. The third-order valence-electron chi connectivity index (χ3n) is 3.42. The number of fused-ring (bicyclic) bond motifs is 1. The summed E-state index contributed by atoms with van der Waals surface area (Å²) in [4.78, 5) is 7.04. The van der Waals surface area contributed by atoms with Crippen LogP contribution in [0.3, 0.4) is 0 Å². The molecule has 0 bridgehead atoms. The lowest BCUT2D eigenvalue weighted by atomic mass is 10.3. The number of nitrogens with one attached hydrogen (secondary N) is 1. The molecule has 1 fully saturated rings. The minimum Gasteiger partial charge on any atom is -0.306 e. The van der Waals surface area contributed by atoms with Crippen LogP contribution in [-0.2, 0) is 6.54 Å². The number of aromatic nitrogens is 2. The second kappa shape index (κ2) is 3.31. The zero-order valence-electron chi connectivity index (χ0n) is 10.0. The average molecular weight is 235 g/mol. The van der Waals surface area contributed by atoms with Gasteiger partial charge in [0, 0.05) is 23.2 Å². The van der Waals surface area contributed by atoms with Crippen LogP contribution in [0.25, 0.3) is 4.96 Å². The first-order valence-corrected chi connectivity index (χ1v) is 6.58. The van der Waals surface area contributed by atoms with Crippen LogP contribution in [0.15, 0.2) is 6.20 Å². The van der Waals surface area contributed by atoms with Gasteiger partial charge in [0.1, 0.15) is 0 Å². The Bertz CT molecular complexity index is 534. The predicted molar refractivity (Wildman–Crippen MR) is 67.0 cm³/mol. The van der Waals surface area contributed by atoms with E-state index in [1.54, 1.807) is 11.3 Å². The number of aryl methyl sites for hydroxylation is 2. The van der Waals surface area contributed by atoms with Gasteiger partial charge in [0.05, 0.1) is 11.4 Å². The Morgan fingerprint density at radius 3 is 2.94 bits per heavy atom. The third-order valence-corrected chi connectivity index (χ3v) is 4.32. The van der Waals surface area contributed by atoms with Crippen molar-refractivity contribution >= 4 is 16.3 Å². The number of nitrogens with zero attached hydrogens (tertiary/aromatic N) is 2. The molecule has 0 amide bonds. The van der Waals surface area contributed by atoms with Gasteiger partial charge in [-0.05, 0) is 33.6 Å². The van der Waals surface area contributed by atoms with E-state index in [0.717, 1.165) is 17.2 Å². The molecule has 2 aromatic heterocycles. The molecule has 0 spiro atoms. The molecule has 0 aromatic carbocycles. The van der Waals surface area contributed by atoms with E-state index in [0.29, 0.717) is 5.54 Å². The first-order chi connectivity index (χ1) is 7.57. The SMILES string of the molecule is Cc1cn2c(CNC3(C)CC3)c(C)nc2s1. The molecule has 16 heavy (non-hydrogen) atoms. The summed E-state index contributed by atoms with van der Waals surface area (Å²) in [5.74, 6) is 0. The fraction of sp³-hybridized carbons (Fsp3) is 0.583. The Kier molecular flexibility index (Phi) is 2.13. The highest BCUT2D eigenvalue weighted by molar-refractivity contribution is 7.17. The minimum atomic E-state index is 0.391. The molecule has 0 atom stereocenters. The molecule has 3 nitrogen and oxygen atoms in total. The maximum atomic E-state index is 4.60. The van der Waals surface area contributed by atoms with Crippen molar-refractivity contribution in [1.29, 1.82) is 0 Å². The maximum Gasteiger partial charge on any atom is 0.194 e. The summed E-state index contributed by atoms with van der Waals surface area (Å²) in [6.07, 6.45) is 4.79. The monoisotopic (exact) mass is 235 g/mol. The second-order valence-electron chi connectivity index (χ2n) is 5.05. The predicted octanol–water partition coefficient (Wildman–Crippen LogP) is 2.65. The van der Waals surface area contributed by atoms with Crippen LogP contribution < -0.4 is 5.32 Å². The van der Waals surface area contributed by atoms with Gasteiger partial charge in [0.25, 0.3) is 0 Å². The van der Waals surface area contributed by atoms with Gasteiger partial charge in [-0.15, -0.1) is 11.3 Å². The molecule has 86 valence electrons. The number of hydrogen-bond donors (Lipinski definition) is 1. The summed E-state index contributed by atoms with van der Waals surface area (Å²) in [5.41, 5.74) is 2.86. The number of rotatable bonds is 3. The van der Waals surface area contributed by atoms with Crippen LogP contribution in [0, 0.1) is 13.8 Å². The van der Waals surface area contributed by atoms with E-state index < -0.39 is 0 Å². The maximum absolute atomic E-state index is 4.60. The summed E-state index contributed by atoms with van der Waals surface area (Å²) in [6, 6.07) is 0. The molecule has 0 unspecified atom stereocenters. The number of thiazole rings is 1. The molecular weight excluding hydrogens is 218 g/mol. The van der Waals surface area contributed by atoms with Crippen molar-refractivity contribution in [2.45, 2.75) is 45.7 Å². The number of hydrogen-bond acceptors (Lipinski definition) is 3. The van der Waals surface area contributed by atoms with E-state index in [1.807, 2.05) is 0 Å². The lowest BCUT2D eigenvalue weighted by molar-refractivity contribution is 0.529. The van der Waals surface area contributed by atoms with Gasteiger partial charge >= 0.3 is 0 Å². The molecule has 1 N–H and O–H groups in total. The summed E-state index contributed by atoms with van der Waals surface area (Å²) in [6.45, 7) is 7.45. The van der Waals surface area contributed by atoms with Crippen molar-refractivity contribution in [3.05, 3.63) is 22.5 Å². The zero-order valence-corrected chi connectivity index (χ0v) is 10.8. The largest absolute Gasteiger partial charge is 0.306 e. The van der Waals surface area contributed by atoms with Crippen LogP contribution in [0.4, 0.5) is 0 Å². The van der Waals surface area contributed by atoms with Crippen molar-refractivity contribution in [1.82, 2.24) is 14.7 Å². The van der Waals surface area contributed by atoms with Crippen LogP contribution in [-0.4, -0.2) is 14.9 Å². The smallest absolute Gasteiger partial charge is 0.194 e. The first-order valence-electron chi connectivity index (χ1n) is 5.76. The molecule has 0 radical (unpaired) electrons. The Morgan fingerprint density at radius 2 is 2.25 bits per heavy atom. The lowest BCUT2D eigenvalue weighted by Gasteiger charge is -2.10. The van der Waals surface area contributed by atoms with E-state index in [1.165, 1.54) is 23.4 Å². The molecule has 3 rings (SSSR count). The Labute approximate surface area is 99.5 Å². The quantitative estimate of drug-likeness (QED) is 0.886. The van der Waals surface area contributed by atoms with Gasteiger partial charge in [-0.25, -0.2) is 4.98 Å². The van der Waals surface area contributed by atoms with Crippen LogP contribution in [0.1, 0.15) is 36.0 Å². The standard InChI is InChI=1S/C12H17N3S/c1-8-7-15-10(6-13-12(3)4-5-12)9(2)14-11(15)16-8/h7,13H,4-6H2,1-3H3. The molecule has 2 heterocycles. The van der Waals surface area contributed by atoms with Crippen LogP contribution in [0.2, 0.25) is 0 Å². The molecule has 0 aliphatic heterocycles. The molecule has 4 heteroatoms. The fourth-order valence-electron chi connectivity index (χ4n) is 1.98. The molecule has 2 aromatic rings. The fourth-order valence-corrected chi connectivity index (χ4v) is 2.87. The average Bonchev–Trinajstić information content (AvgIpc) is 2.73. The van der Waals surface area contributed by atoms with E-state index in [9.17, 15) is 0 Å². The highest BCUT2D eigenvalue weighted by Crippen LogP contribution is 2.34. The van der Waals surface area contributed by atoms with Gasteiger partial charge in [-0.1, -0.05) is 0 Å². The van der Waals surface area contributed by atoms with E-state index in [4.69, 9.17) is 0 Å². The molecule has 1 aliphatic carbocycles. The summed E-state index contributed by atoms with van der Waals surface area (Å²) in [7, 11) is 0. The molecule has 1 saturated carbocycles. The zero-order chi connectivity index (χ0) is 11.3. The van der Waals surface area contributed by atoms with Crippen LogP contribution in [0.5, 0.6) is 0 Å². The molecule has 0 saturated heterocycles. The van der Waals surface area contributed by atoms with Crippen molar-refractivity contribution in [3.63, 3.8) is 0 Å². The normalized spacial score (nSPS) is 18.2. The van der Waals surface area contributed by atoms with E-state index in [-0.39, 0.29) is 0 Å². The Hall–Kier alpha value is -0.870. The highest BCUT2D eigenvalue weighted by Gasteiger charge is 2.36. The van der Waals surface area contributed by atoms with Gasteiger partial charge in [0.2, 0.25) is 0 Å². The minimum absolute atomic E-state index is 0.391. The topological polar surface area (TPSA) is 29.3 Å². The number of imidazole rings is 1. The van der Waals surface area contributed by atoms with Gasteiger partial charge in [-0.2, -0.15) is 0 Å².